The summed E-state index contributed by atoms with van der Waals surface area (Å²) in [6, 6.07) is 3.56. The van der Waals surface area contributed by atoms with Crippen molar-refractivity contribution < 1.29 is 14.6 Å². The number of hydrogen-bond acceptors (Lipinski definition) is 5. The zero-order valence-electron chi connectivity index (χ0n) is 18.3. The normalized spacial score (nSPS) is 24.3. The summed E-state index contributed by atoms with van der Waals surface area (Å²) < 4.78 is 7.99. The number of aromatic nitrogens is 2. The maximum absolute atomic E-state index is 11.1. The largest absolute Gasteiger partial charge is 0.384 e. The molecule has 3 heterocycles. The first-order valence-corrected chi connectivity index (χ1v) is 14.7. The molecule has 6 nitrogen and oxygen atoms in total. The summed E-state index contributed by atoms with van der Waals surface area (Å²) in [4.78, 5) is 18.1. The third-order valence-corrected chi connectivity index (χ3v) is 8.05. The molecular weight excluding hydrogens is 394 g/mol. The highest BCUT2D eigenvalue weighted by atomic mass is 28.3. The van der Waals surface area contributed by atoms with Crippen molar-refractivity contribution in [1.29, 1.82) is 0 Å². The van der Waals surface area contributed by atoms with Crippen molar-refractivity contribution in [1.82, 2.24) is 9.55 Å². The minimum Gasteiger partial charge on any atom is -0.384 e. The number of anilines is 1. The van der Waals surface area contributed by atoms with Crippen LogP contribution in [-0.4, -0.2) is 41.7 Å². The molecule has 0 spiro atoms. The molecule has 2 aliphatic rings. The van der Waals surface area contributed by atoms with Crippen molar-refractivity contribution in [2.24, 2.45) is 5.92 Å². The highest BCUT2D eigenvalue weighted by Gasteiger charge is 2.31. The van der Waals surface area contributed by atoms with Gasteiger partial charge in [-0.1, -0.05) is 19.6 Å². The minimum absolute atomic E-state index is 0.187. The second kappa shape index (κ2) is 8.65. The molecule has 162 valence electrons. The Kier molecular flexibility index (Phi) is 6.13. The van der Waals surface area contributed by atoms with E-state index in [2.05, 4.69) is 35.6 Å². The summed E-state index contributed by atoms with van der Waals surface area (Å²) in [6.45, 7) is 8.32. The van der Waals surface area contributed by atoms with Crippen molar-refractivity contribution in [3.63, 3.8) is 0 Å². The van der Waals surface area contributed by atoms with Gasteiger partial charge in [0.05, 0.1) is 5.69 Å². The summed E-state index contributed by atoms with van der Waals surface area (Å²) in [5.74, 6) is 0.187. The number of aldehydes is 1. The topological polar surface area (TPSA) is 67.6 Å². The highest BCUT2D eigenvalue weighted by molar-refractivity contribution is 6.76. The molecule has 0 radical (unpaired) electrons. The van der Waals surface area contributed by atoms with E-state index in [0.717, 1.165) is 66.9 Å². The number of rotatable bonds is 7. The number of fused-ring (bicyclic) bond motifs is 3. The van der Waals surface area contributed by atoms with Gasteiger partial charge in [-0.15, -0.1) is 0 Å². The molecule has 2 aromatic rings. The lowest BCUT2D eigenvalue weighted by molar-refractivity contribution is -0.111. The van der Waals surface area contributed by atoms with Gasteiger partial charge in [-0.3, -0.25) is 0 Å². The number of nitrogens with zero attached hydrogens (tertiary/aromatic N) is 3. The molecule has 30 heavy (non-hydrogen) atoms. The molecule has 0 amide bonds. The molecule has 1 aliphatic carbocycles. The van der Waals surface area contributed by atoms with E-state index in [4.69, 9.17) is 4.74 Å². The van der Waals surface area contributed by atoms with Crippen LogP contribution in [0.15, 0.2) is 30.7 Å². The van der Waals surface area contributed by atoms with Crippen LogP contribution in [0.1, 0.15) is 37.4 Å². The predicted octanol–water partition coefficient (Wildman–Crippen LogP) is 4.47. The molecule has 1 unspecified atom stereocenters. The van der Waals surface area contributed by atoms with Crippen LogP contribution in [0.5, 0.6) is 0 Å². The van der Waals surface area contributed by atoms with Gasteiger partial charge >= 0.3 is 0 Å². The number of aliphatic hydroxyl groups is 1. The summed E-state index contributed by atoms with van der Waals surface area (Å²) in [5.41, 5.74) is 2.78. The van der Waals surface area contributed by atoms with Gasteiger partial charge in [0.1, 0.15) is 24.8 Å². The molecule has 4 rings (SSSR count). The molecule has 0 bridgehead atoms. The molecule has 1 aliphatic heterocycles. The van der Waals surface area contributed by atoms with Crippen molar-refractivity contribution in [2.45, 2.75) is 70.2 Å². The molecule has 1 saturated carbocycles. The maximum atomic E-state index is 11.1. The average Bonchev–Trinajstić information content (AvgIpc) is 3.14. The first kappa shape index (κ1) is 21.3. The second-order valence-electron chi connectivity index (χ2n) is 9.83. The van der Waals surface area contributed by atoms with E-state index in [9.17, 15) is 9.90 Å². The fraction of sp³-hybridized carbons (Fsp3) is 0.565. The summed E-state index contributed by atoms with van der Waals surface area (Å²) in [6.07, 6.45) is 11.9. The zero-order chi connectivity index (χ0) is 21.3. The third kappa shape index (κ3) is 4.38. The summed E-state index contributed by atoms with van der Waals surface area (Å²) in [5, 5.41) is 11.6. The minimum atomic E-state index is -1.11. The Hall–Kier alpha value is -1.96. The Bertz CT molecular complexity index is 926. The molecule has 2 aromatic heterocycles. The van der Waals surface area contributed by atoms with Gasteiger partial charge in [0.15, 0.2) is 0 Å². The smallest absolute Gasteiger partial charge is 0.143 e. The van der Waals surface area contributed by atoms with Crippen LogP contribution in [0.4, 0.5) is 5.69 Å². The Morgan fingerprint density at radius 2 is 2.03 bits per heavy atom. The SMILES string of the molecule is C[Si](C)(C)CCOCn1ccc2c3c(cnc21)C(O)C=CN3[C@H]1CC[C@H](C=O)CC1. The van der Waals surface area contributed by atoms with E-state index in [1.54, 1.807) is 6.20 Å². The Morgan fingerprint density at radius 1 is 1.27 bits per heavy atom. The van der Waals surface area contributed by atoms with Crippen LogP contribution in [0.2, 0.25) is 25.7 Å². The number of carbonyl (C=O) groups excluding carboxylic acids is 1. The molecular formula is C23H33N3O3Si. The zero-order valence-corrected chi connectivity index (χ0v) is 19.3. The predicted molar refractivity (Wildman–Crippen MR) is 122 cm³/mol. The van der Waals surface area contributed by atoms with E-state index in [1.807, 2.05) is 23.0 Å². The van der Waals surface area contributed by atoms with Crippen molar-refractivity contribution >= 4 is 31.1 Å². The molecule has 1 atom stereocenters. The molecule has 0 saturated heterocycles. The van der Waals surface area contributed by atoms with Gasteiger partial charge in [0.25, 0.3) is 0 Å². The molecule has 1 N–H and O–H groups in total. The van der Waals surface area contributed by atoms with Crippen molar-refractivity contribution in [3.05, 3.63) is 36.3 Å². The van der Waals surface area contributed by atoms with Crippen molar-refractivity contribution in [2.75, 3.05) is 11.5 Å². The highest BCUT2D eigenvalue weighted by Crippen LogP contribution is 2.41. The van der Waals surface area contributed by atoms with E-state index in [-0.39, 0.29) is 5.92 Å². The fourth-order valence-corrected chi connectivity index (χ4v) is 5.22. The third-order valence-electron chi connectivity index (χ3n) is 6.35. The average molecular weight is 428 g/mol. The van der Waals surface area contributed by atoms with Gasteiger partial charge in [-0.25, -0.2) is 4.98 Å². The lowest BCUT2D eigenvalue weighted by atomic mass is 9.85. The summed E-state index contributed by atoms with van der Waals surface area (Å²) in [7, 11) is -1.11. The Morgan fingerprint density at radius 3 is 2.73 bits per heavy atom. The van der Waals surface area contributed by atoms with Gasteiger partial charge in [-0.05, 0) is 43.9 Å². The van der Waals surface area contributed by atoms with Gasteiger partial charge in [0.2, 0.25) is 0 Å². The van der Waals surface area contributed by atoms with Gasteiger partial charge in [0, 0.05) is 56.2 Å². The van der Waals surface area contributed by atoms with Crippen LogP contribution in [0.3, 0.4) is 0 Å². The first-order valence-electron chi connectivity index (χ1n) is 11.0. The van der Waals surface area contributed by atoms with Gasteiger partial charge < -0.3 is 24.1 Å². The van der Waals surface area contributed by atoms with Crippen LogP contribution < -0.4 is 4.90 Å². The number of aliphatic hydroxyl groups excluding tert-OH is 1. The number of hydrogen-bond donors (Lipinski definition) is 1. The van der Waals surface area contributed by atoms with Crippen LogP contribution in [0, 0.1) is 5.92 Å². The molecule has 7 heteroatoms. The lowest BCUT2D eigenvalue weighted by Crippen LogP contribution is -2.37. The maximum Gasteiger partial charge on any atom is 0.143 e. The van der Waals surface area contributed by atoms with Crippen LogP contribution in [-0.2, 0) is 16.3 Å². The Labute approximate surface area is 179 Å². The van der Waals surface area contributed by atoms with E-state index in [1.165, 1.54) is 0 Å². The number of ether oxygens (including phenoxy) is 1. The number of carbonyl (C=O) groups is 1. The van der Waals surface area contributed by atoms with Crippen molar-refractivity contribution in [3.8, 4) is 0 Å². The molecule has 1 fully saturated rings. The second-order valence-corrected chi connectivity index (χ2v) is 15.5. The van der Waals surface area contributed by atoms with E-state index in [0.29, 0.717) is 12.8 Å². The first-order chi connectivity index (χ1) is 14.4. The standard InChI is InChI=1S/C23H33N3O3Si/c1-30(2,3)13-12-29-16-25-10-8-19-22-20(14-24-23(19)25)21(28)9-11-26(22)18-6-4-17(15-27)5-7-18/h8-11,14-15,17-18,21,28H,4-7,12-13,16H2,1-3H3/t17-,18-,21?. The van der Waals surface area contributed by atoms with Gasteiger partial charge in [-0.2, -0.15) is 0 Å². The number of pyridine rings is 1. The fourth-order valence-electron chi connectivity index (χ4n) is 4.46. The quantitative estimate of drug-likeness (QED) is 0.401. The Balaban J connectivity index is 1.58. The monoisotopic (exact) mass is 427 g/mol. The van der Waals surface area contributed by atoms with Crippen LogP contribution >= 0.6 is 0 Å². The summed E-state index contributed by atoms with van der Waals surface area (Å²) >= 11 is 0. The van der Waals surface area contributed by atoms with E-state index >= 15 is 0 Å². The van der Waals surface area contributed by atoms with Crippen LogP contribution in [0.25, 0.3) is 11.0 Å². The molecule has 0 aromatic carbocycles. The van der Waals surface area contributed by atoms with E-state index < -0.39 is 14.2 Å². The lowest BCUT2D eigenvalue weighted by Gasteiger charge is -2.38.